The normalized spacial score (nSPS) is 10.2. The second kappa shape index (κ2) is 6.70. The lowest BCUT2D eigenvalue weighted by atomic mass is 10.4. The Balaban J connectivity index is 3.02. The molecular formula is C10H17N5O3. The maximum Gasteiger partial charge on any atom is 0.329 e. The molecule has 8 heteroatoms. The summed E-state index contributed by atoms with van der Waals surface area (Å²) in [5.74, 6) is 0.605. The molecule has 0 aromatic carbocycles. The van der Waals surface area contributed by atoms with Crippen LogP contribution in [0.4, 0.5) is 17.5 Å². The van der Waals surface area contributed by atoms with Gasteiger partial charge in [0.15, 0.2) is 0 Å². The maximum absolute atomic E-state index is 10.9. The Bertz CT molecular complexity index is 412. The number of anilines is 2. The number of hydrogen-bond acceptors (Lipinski definition) is 7. The number of aliphatic hydroxyl groups is 1. The fraction of sp³-hybridized carbons (Fsp3) is 0.600. The zero-order valence-corrected chi connectivity index (χ0v) is 10.5. The molecule has 0 saturated carbocycles. The highest BCUT2D eigenvalue weighted by molar-refractivity contribution is 5.58. The molecule has 0 unspecified atom stereocenters. The molecular weight excluding hydrogens is 238 g/mol. The lowest BCUT2D eigenvalue weighted by Gasteiger charge is -2.17. The van der Waals surface area contributed by atoms with Crippen molar-refractivity contribution >= 4 is 17.5 Å². The molecule has 0 fully saturated rings. The zero-order valence-electron chi connectivity index (χ0n) is 10.5. The van der Waals surface area contributed by atoms with E-state index < -0.39 is 4.92 Å². The molecule has 0 atom stereocenters. The number of hydrogen-bond donors (Lipinski definition) is 2. The van der Waals surface area contributed by atoms with Crippen LogP contribution in [0.1, 0.15) is 13.3 Å². The summed E-state index contributed by atoms with van der Waals surface area (Å²) in [6.07, 6.45) is 1.71. The van der Waals surface area contributed by atoms with Gasteiger partial charge in [0, 0.05) is 26.7 Å². The molecule has 0 amide bonds. The summed E-state index contributed by atoms with van der Waals surface area (Å²) in [5, 5.41) is 22.6. The largest absolute Gasteiger partial charge is 0.396 e. The molecule has 0 aliphatic heterocycles. The van der Waals surface area contributed by atoms with Gasteiger partial charge in [0.25, 0.3) is 0 Å². The first kappa shape index (κ1) is 14.1. The third-order valence-corrected chi connectivity index (χ3v) is 2.29. The molecule has 2 N–H and O–H groups in total. The fourth-order valence-corrected chi connectivity index (χ4v) is 1.43. The predicted octanol–water partition coefficient (Wildman–Crippen LogP) is 0.635. The van der Waals surface area contributed by atoms with E-state index in [1.165, 1.54) is 6.20 Å². The van der Waals surface area contributed by atoms with Crippen LogP contribution < -0.4 is 10.2 Å². The molecule has 1 aromatic heterocycles. The van der Waals surface area contributed by atoms with Crippen LogP contribution in [0.2, 0.25) is 0 Å². The zero-order chi connectivity index (χ0) is 13.5. The van der Waals surface area contributed by atoms with Crippen LogP contribution in [-0.2, 0) is 0 Å². The number of aromatic nitrogens is 2. The summed E-state index contributed by atoms with van der Waals surface area (Å²) >= 11 is 0. The van der Waals surface area contributed by atoms with Crippen LogP contribution in [-0.4, -0.2) is 46.7 Å². The molecule has 8 nitrogen and oxygen atoms in total. The molecule has 1 heterocycles. The standard InChI is InChI=1S/C10H17N5O3/c1-3-11-10-12-7-8(15(17)18)9(13-10)14(2)5-4-6-16/h7,16H,3-6H2,1-2H3,(H,11,12,13). The molecule has 0 spiro atoms. The molecule has 1 aromatic rings. The maximum atomic E-state index is 10.9. The lowest BCUT2D eigenvalue weighted by Crippen LogP contribution is -2.22. The van der Waals surface area contributed by atoms with E-state index in [2.05, 4.69) is 15.3 Å². The molecule has 0 bridgehead atoms. The van der Waals surface area contributed by atoms with Crippen LogP contribution in [0.5, 0.6) is 0 Å². The van der Waals surface area contributed by atoms with Gasteiger partial charge in [-0.25, -0.2) is 4.98 Å². The average molecular weight is 255 g/mol. The van der Waals surface area contributed by atoms with Gasteiger partial charge in [0.2, 0.25) is 11.8 Å². The van der Waals surface area contributed by atoms with Gasteiger partial charge < -0.3 is 15.3 Å². The van der Waals surface area contributed by atoms with Crippen molar-refractivity contribution in [2.45, 2.75) is 13.3 Å². The molecule has 0 aliphatic rings. The molecule has 1 rings (SSSR count). The Hall–Kier alpha value is -1.96. The van der Waals surface area contributed by atoms with Crippen molar-refractivity contribution in [1.82, 2.24) is 9.97 Å². The van der Waals surface area contributed by atoms with Crippen LogP contribution in [0.15, 0.2) is 6.20 Å². The van der Waals surface area contributed by atoms with Gasteiger partial charge in [-0.05, 0) is 13.3 Å². The number of nitrogens with one attached hydrogen (secondary N) is 1. The number of rotatable bonds is 7. The number of nitrogens with zero attached hydrogens (tertiary/aromatic N) is 4. The molecule has 18 heavy (non-hydrogen) atoms. The van der Waals surface area contributed by atoms with Crippen molar-refractivity contribution in [2.75, 3.05) is 37.0 Å². The third kappa shape index (κ3) is 3.52. The summed E-state index contributed by atoms with van der Waals surface area (Å²) in [4.78, 5) is 20.0. The Kier molecular flexibility index (Phi) is 5.25. The second-order valence-corrected chi connectivity index (χ2v) is 3.69. The topological polar surface area (TPSA) is 104 Å². The summed E-state index contributed by atoms with van der Waals surface area (Å²) in [6.45, 7) is 3.04. The third-order valence-electron chi connectivity index (χ3n) is 2.29. The first-order chi connectivity index (χ1) is 8.60. The predicted molar refractivity (Wildman–Crippen MR) is 67.8 cm³/mol. The van der Waals surface area contributed by atoms with Crippen molar-refractivity contribution < 1.29 is 10.0 Å². The van der Waals surface area contributed by atoms with Crippen LogP contribution in [0.25, 0.3) is 0 Å². The Morgan fingerprint density at radius 2 is 2.33 bits per heavy atom. The number of nitro groups is 1. The van der Waals surface area contributed by atoms with E-state index >= 15 is 0 Å². The van der Waals surface area contributed by atoms with Crippen molar-refractivity contribution in [1.29, 1.82) is 0 Å². The lowest BCUT2D eigenvalue weighted by molar-refractivity contribution is -0.384. The summed E-state index contributed by atoms with van der Waals surface area (Å²) in [7, 11) is 1.70. The highest BCUT2D eigenvalue weighted by Gasteiger charge is 2.20. The van der Waals surface area contributed by atoms with Crippen LogP contribution in [0.3, 0.4) is 0 Å². The molecule has 0 aliphatic carbocycles. The highest BCUT2D eigenvalue weighted by atomic mass is 16.6. The smallest absolute Gasteiger partial charge is 0.329 e. The summed E-state index contributed by atoms with van der Waals surface area (Å²) < 4.78 is 0. The van der Waals surface area contributed by atoms with Crippen molar-refractivity contribution in [3.63, 3.8) is 0 Å². The quantitative estimate of drug-likeness (QED) is 0.544. The molecule has 0 saturated heterocycles. The van der Waals surface area contributed by atoms with Crippen LogP contribution >= 0.6 is 0 Å². The SMILES string of the molecule is CCNc1ncc([N+](=O)[O-])c(N(C)CCCO)n1. The van der Waals surface area contributed by atoms with Gasteiger partial charge in [-0.2, -0.15) is 4.98 Å². The van der Waals surface area contributed by atoms with E-state index in [1.807, 2.05) is 6.92 Å². The van der Waals surface area contributed by atoms with Gasteiger partial charge in [-0.1, -0.05) is 0 Å². The van der Waals surface area contributed by atoms with Gasteiger partial charge in [0.05, 0.1) is 4.92 Å². The number of aliphatic hydroxyl groups excluding tert-OH is 1. The van der Waals surface area contributed by atoms with Gasteiger partial charge in [-0.3, -0.25) is 10.1 Å². The minimum absolute atomic E-state index is 0.0310. The van der Waals surface area contributed by atoms with Crippen LogP contribution in [0, 0.1) is 10.1 Å². The first-order valence-corrected chi connectivity index (χ1v) is 5.67. The molecule has 0 radical (unpaired) electrons. The van der Waals surface area contributed by atoms with Crippen molar-refractivity contribution in [3.05, 3.63) is 16.3 Å². The van der Waals surface area contributed by atoms with E-state index in [0.29, 0.717) is 25.5 Å². The van der Waals surface area contributed by atoms with Gasteiger partial charge in [0.1, 0.15) is 6.20 Å². The Morgan fingerprint density at radius 1 is 1.61 bits per heavy atom. The Labute approximate surface area is 105 Å². The first-order valence-electron chi connectivity index (χ1n) is 5.67. The van der Waals surface area contributed by atoms with Crippen molar-refractivity contribution in [2.24, 2.45) is 0 Å². The van der Waals surface area contributed by atoms with Gasteiger partial charge in [-0.15, -0.1) is 0 Å². The van der Waals surface area contributed by atoms with E-state index in [1.54, 1.807) is 11.9 Å². The van der Waals surface area contributed by atoms with Crippen molar-refractivity contribution in [3.8, 4) is 0 Å². The van der Waals surface area contributed by atoms with E-state index in [0.717, 1.165) is 0 Å². The minimum atomic E-state index is -0.513. The van der Waals surface area contributed by atoms with E-state index in [-0.39, 0.29) is 18.1 Å². The monoisotopic (exact) mass is 255 g/mol. The van der Waals surface area contributed by atoms with Gasteiger partial charge >= 0.3 is 5.69 Å². The Morgan fingerprint density at radius 3 is 2.89 bits per heavy atom. The van der Waals surface area contributed by atoms with E-state index in [4.69, 9.17) is 5.11 Å². The average Bonchev–Trinajstić information content (AvgIpc) is 2.36. The molecule has 100 valence electrons. The summed E-state index contributed by atoms with van der Waals surface area (Å²) in [6, 6.07) is 0. The fourth-order valence-electron chi connectivity index (χ4n) is 1.43. The highest BCUT2D eigenvalue weighted by Crippen LogP contribution is 2.25. The minimum Gasteiger partial charge on any atom is -0.396 e. The summed E-state index contributed by atoms with van der Waals surface area (Å²) in [5.41, 5.74) is -0.142. The second-order valence-electron chi connectivity index (χ2n) is 3.69. The van der Waals surface area contributed by atoms with E-state index in [9.17, 15) is 10.1 Å².